The average molecular weight is 349 g/mol. The maximum absolute atomic E-state index is 9.74. The first-order valence-electron chi connectivity index (χ1n) is 8.15. The number of thiocyanates is 1. The Bertz CT molecular complexity index is 497. The van der Waals surface area contributed by atoms with Crippen LogP contribution in [0.1, 0.15) is 18.9 Å². The third-order valence-corrected chi connectivity index (χ3v) is 4.71. The quantitative estimate of drug-likeness (QED) is 0.336. The van der Waals surface area contributed by atoms with Gasteiger partial charge in [-0.2, -0.15) is 5.26 Å². The monoisotopic (exact) mass is 349 g/mol. The van der Waals surface area contributed by atoms with Gasteiger partial charge in [-0.1, -0.05) is 43.3 Å². The Morgan fingerprint density at radius 3 is 2.62 bits per heavy atom. The first kappa shape index (κ1) is 20.7. The Morgan fingerprint density at radius 2 is 2.04 bits per heavy atom. The number of hydrogen-bond acceptors (Lipinski definition) is 5. The van der Waals surface area contributed by atoms with Gasteiger partial charge in [0.05, 0.1) is 33.0 Å². The van der Waals surface area contributed by atoms with Gasteiger partial charge in [0.25, 0.3) is 0 Å². The van der Waals surface area contributed by atoms with E-state index in [0.717, 1.165) is 12.8 Å². The summed E-state index contributed by atoms with van der Waals surface area (Å²) >= 11 is 1.23. The number of aliphatic hydroxyl groups is 1. The van der Waals surface area contributed by atoms with E-state index < -0.39 is 5.41 Å². The van der Waals surface area contributed by atoms with Crippen molar-refractivity contribution in [1.29, 1.82) is 5.26 Å². The Balaban J connectivity index is 2.52. The lowest BCUT2D eigenvalue weighted by molar-refractivity contribution is -0.0475. The summed E-state index contributed by atoms with van der Waals surface area (Å²) in [6, 6.07) is 10.1. The van der Waals surface area contributed by atoms with Crippen LogP contribution in [0, 0.1) is 16.1 Å². The van der Waals surface area contributed by atoms with Crippen molar-refractivity contribution >= 4 is 11.8 Å². The molecule has 0 spiro atoms. The van der Waals surface area contributed by atoms with Crippen LogP contribution in [0.3, 0.4) is 0 Å². The normalized spacial score (nSPS) is 14.5. The molecule has 0 fully saturated rings. The van der Waals surface area contributed by atoms with Crippen LogP contribution in [0.15, 0.2) is 43.0 Å². The minimum atomic E-state index is -0.405. The van der Waals surface area contributed by atoms with Crippen LogP contribution in [0.25, 0.3) is 0 Å². The molecule has 132 valence electrons. The molecule has 0 saturated heterocycles. The van der Waals surface area contributed by atoms with Gasteiger partial charge in [0.2, 0.25) is 0 Å². The maximum Gasteiger partial charge on any atom is 0.133 e. The second-order valence-electron chi connectivity index (χ2n) is 5.85. The minimum Gasteiger partial charge on any atom is -0.396 e. The summed E-state index contributed by atoms with van der Waals surface area (Å²) < 4.78 is 11.4. The third kappa shape index (κ3) is 7.50. The molecule has 0 aromatic heterocycles. The lowest BCUT2D eigenvalue weighted by atomic mass is 9.88. The summed E-state index contributed by atoms with van der Waals surface area (Å²) in [6.07, 6.45) is 3.23. The van der Waals surface area contributed by atoms with Crippen molar-refractivity contribution < 1.29 is 14.6 Å². The lowest BCUT2D eigenvalue weighted by Gasteiger charge is -2.30. The van der Waals surface area contributed by atoms with Gasteiger partial charge in [0.15, 0.2) is 0 Å². The van der Waals surface area contributed by atoms with Crippen molar-refractivity contribution in [2.24, 2.45) is 5.41 Å². The topological polar surface area (TPSA) is 62.5 Å². The zero-order chi connectivity index (χ0) is 17.7. The van der Waals surface area contributed by atoms with Gasteiger partial charge in [0, 0.05) is 10.7 Å². The standard InChI is InChI=1S/C19H27NO3S/c1-3-10-22-14-19(4-2,13-21)15-23-12-18(24-16-20)11-17-8-6-5-7-9-17/h3,5-9,18,21H,1,4,10-15H2,2H3. The van der Waals surface area contributed by atoms with Crippen molar-refractivity contribution in [2.45, 2.75) is 25.0 Å². The molecule has 1 rings (SSSR count). The highest BCUT2D eigenvalue weighted by Crippen LogP contribution is 2.24. The minimum absolute atomic E-state index is 0.00931. The van der Waals surface area contributed by atoms with Gasteiger partial charge in [-0.15, -0.1) is 6.58 Å². The van der Waals surface area contributed by atoms with Crippen LogP contribution in [-0.4, -0.2) is 43.4 Å². The SMILES string of the molecule is C=CCOCC(CC)(CO)COCC(Cc1ccccc1)SC#N. The van der Waals surface area contributed by atoms with E-state index in [1.54, 1.807) is 6.08 Å². The highest BCUT2D eigenvalue weighted by atomic mass is 32.2. The van der Waals surface area contributed by atoms with Crippen LogP contribution >= 0.6 is 11.8 Å². The first-order valence-corrected chi connectivity index (χ1v) is 9.03. The molecule has 4 nitrogen and oxygen atoms in total. The second-order valence-corrected chi connectivity index (χ2v) is 6.94. The smallest absolute Gasteiger partial charge is 0.133 e. The number of hydrogen-bond donors (Lipinski definition) is 1. The van der Waals surface area contributed by atoms with E-state index in [0.29, 0.717) is 26.4 Å². The molecule has 2 unspecified atom stereocenters. The summed E-state index contributed by atoms with van der Waals surface area (Å²) in [5.74, 6) is 0. The molecule has 1 N–H and O–H groups in total. The predicted molar refractivity (Wildman–Crippen MR) is 98.8 cm³/mol. The van der Waals surface area contributed by atoms with Crippen molar-refractivity contribution in [1.82, 2.24) is 0 Å². The average Bonchev–Trinajstić information content (AvgIpc) is 2.61. The Labute approximate surface area is 149 Å². The second kappa shape index (κ2) is 12.1. The zero-order valence-corrected chi connectivity index (χ0v) is 15.1. The van der Waals surface area contributed by atoms with E-state index in [1.807, 2.05) is 25.1 Å². The number of thioether (sulfide) groups is 1. The Morgan fingerprint density at radius 1 is 1.33 bits per heavy atom. The van der Waals surface area contributed by atoms with Crippen molar-refractivity contribution in [3.63, 3.8) is 0 Å². The Kier molecular flexibility index (Phi) is 10.4. The molecule has 0 bridgehead atoms. The van der Waals surface area contributed by atoms with E-state index in [1.165, 1.54) is 17.3 Å². The molecule has 0 heterocycles. The third-order valence-electron chi connectivity index (χ3n) is 3.97. The van der Waals surface area contributed by atoms with E-state index in [2.05, 4.69) is 24.1 Å². The van der Waals surface area contributed by atoms with Crippen molar-refractivity contribution in [3.05, 3.63) is 48.6 Å². The van der Waals surface area contributed by atoms with Crippen LogP contribution < -0.4 is 0 Å². The molecule has 0 aliphatic rings. The number of nitrogens with zero attached hydrogens (tertiary/aromatic N) is 1. The first-order chi connectivity index (χ1) is 11.7. The highest BCUT2D eigenvalue weighted by Gasteiger charge is 2.28. The number of rotatable bonds is 13. The number of aliphatic hydroxyl groups excluding tert-OH is 1. The fourth-order valence-electron chi connectivity index (χ4n) is 2.30. The van der Waals surface area contributed by atoms with Crippen LogP contribution in [0.2, 0.25) is 0 Å². The molecule has 0 aliphatic heterocycles. The number of nitriles is 1. The number of benzene rings is 1. The highest BCUT2D eigenvalue weighted by molar-refractivity contribution is 8.04. The molecule has 0 saturated carbocycles. The molecule has 1 aromatic carbocycles. The summed E-state index contributed by atoms with van der Waals surface area (Å²) in [7, 11) is 0. The van der Waals surface area contributed by atoms with Gasteiger partial charge < -0.3 is 14.6 Å². The molecule has 24 heavy (non-hydrogen) atoms. The summed E-state index contributed by atoms with van der Waals surface area (Å²) in [6.45, 7) is 7.42. The van der Waals surface area contributed by atoms with Crippen molar-refractivity contribution in [3.8, 4) is 5.40 Å². The molecule has 5 heteroatoms. The number of ether oxygens (including phenoxy) is 2. The molecular weight excluding hydrogens is 322 g/mol. The van der Waals surface area contributed by atoms with Crippen LogP contribution in [0.5, 0.6) is 0 Å². The van der Waals surface area contributed by atoms with E-state index in [-0.39, 0.29) is 11.9 Å². The summed E-state index contributed by atoms with van der Waals surface area (Å²) in [5, 5.41) is 21.0. The van der Waals surface area contributed by atoms with E-state index >= 15 is 0 Å². The maximum atomic E-state index is 9.74. The molecule has 2 atom stereocenters. The predicted octanol–water partition coefficient (Wildman–Crippen LogP) is 3.42. The van der Waals surface area contributed by atoms with Gasteiger partial charge in [-0.25, -0.2) is 0 Å². The fraction of sp³-hybridized carbons (Fsp3) is 0.526. The molecule has 0 amide bonds. The summed E-state index contributed by atoms with van der Waals surface area (Å²) in [5.41, 5.74) is 0.782. The zero-order valence-electron chi connectivity index (χ0n) is 14.3. The van der Waals surface area contributed by atoms with Gasteiger partial charge in [-0.3, -0.25) is 0 Å². The van der Waals surface area contributed by atoms with E-state index in [4.69, 9.17) is 14.7 Å². The molecule has 0 radical (unpaired) electrons. The van der Waals surface area contributed by atoms with Crippen LogP contribution in [0.4, 0.5) is 0 Å². The fourth-order valence-corrected chi connectivity index (χ4v) is 2.89. The lowest BCUT2D eigenvalue weighted by Crippen LogP contribution is -2.36. The van der Waals surface area contributed by atoms with Gasteiger partial charge in [0.1, 0.15) is 5.40 Å². The van der Waals surface area contributed by atoms with Gasteiger partial charge >= 0.3 is 0 Å². The van der Waals surface area contributed by atoms with Crippen LogP contribution in [-0.2, 0) is 15.9 Å². The molecule has 0 aliphatic carbocycles. The van der Waals surface area contributed by atoms with Gasteiger partial charge in [-0.05, 0) is 30.2 Å². The summed E-state index contributed by atoms with van der Waals surface area (Å²) in [4.78, 5) is 0. The Hall–Kier alpha value is -1.32. The largest absolute Gasteiger partial charge is 0.396 e. The van der Waals surface area contributed by atoms with E-state index in [9.17, 15) is 5.11 Å². The molecule has 1 aromatic rings. The van der Waals surface area contributed by atoms with Crippen molar-refractivity contribution in [2.75, 3.05) is 33.0 Å². The molecular formula is C19H27NO3S.